The fourth-order valence-electron chi connectivity index (χ4n) is 0.645. The average Bonchev–Trinajstić information content (AvgIpc) is 2.10. The van der Waals surface area contributed by atoms with Crippen molar-refractivity contribution in [1.29, 1.82) is 0 Å². The van der Waals surface area contributed by atoms with E-state index in [1.54, 1.807) is 6.20 Å². The fourth-order valence-corrected chi connectivity index (χ4v) is 0.645. The molecule has 1 heterocycles. The van der Waals surface area contributed by atoms with Gasteiger partial charge in [-0.1, -0.05) is 20.8 Å². The minimum Gasteiger partial charge on any atom is -0.397 e. The number of rotatable bonds is 1. The maximum atomic E-state index is 5.42. The lowest BCUT2D eigenvalue weighted by Gasteiger charge is -1.93. The molecule has 0 aliphatic heterocycles. The predicted molar refractivity (Wildman–Crippen MR) is 49.4 cm³/mol. The van der Waals surface area contributed by atoms with Crippen LogP contribution in [-0.2, 0) is 6.42 Å². The first-order valence-corrected chi connectivity index (χ1v) is 4.03. The number of hydrogen-bond donors (Lipinski definition) is 1. The van der Waals surface area contributed by atoms with Gasteiger partial charge in [-0.25, -0.2) is 0 Å². The second-order valence-electron chi connectivity index (χ2n) is 1.94. The van der Waals surface area contributed by atoms with Crippen LogP contribution in [0.15, 0.2) is 18.3 Å². The molecule has 0 atom stereocenters. The summed E-state index contributed by atoms with van der Waals surface area (Å²) in [6, 6.07) is 3.81. The van der Waals surface area contributed by atoms with E-state index in [0.717, 1.165) is 17.8 Å². The first kappa shape index (κ1) is 9.95. The van der Waals surface area contributed by atoms with Crippen LogP contribution < -0.4 is 5.73 Å². The van der Waals surface area contributed by atoms with E-state index in [-0.39, 0.29) is 0 Å². The summed E-state index contributed by atoms with van der Waals surface area (Å²) in [4.78, 5) is 4.07. The fraction of sp³-hybridized carbons (Fsp3) is 0.444. The number of anilines is 1. The van der Waals surface area contributed by atoms with Crippen LogP contribution in [0.25, 0.3) is 0 Å². The van der Waals surface area contributed by atoms with Crippen molar-refractivity contribution in [3.8, 4) is 0 Å². The number of hydrogen-bond acceptors (Lipinski definition) is 2. The van der Waals surface area contributed by atoms with Crippen molar-refractivity contribution in [2.24, 2.45) is 0 Å². The molecule has 62 valence electrons. The van der Waals surface area contributed by atoms with Crippen LogP contribution in [0.2, 0.25) is 0 Å². The van der Waals surface area contributed by atoms with Gasteiger partial charge in [0.15, 0.2) is 0 Å². The standard InChI is InChI=1S/C7H10N2.C2H6/c1-2-7-4-3-6(8)5-9-7;1-2/h3-5H,2,8H2,1H3;1-2H3. The minimum absolute atomic E-state index is 0.729. The van der Waals surface area contributed by atoms with E-state index in [0.29, 0.717) is 0 Å². The van der Waals surface area contributed by atoms with Crippen molar-refractivity contribution in [2.75, 3.05) is 5.73 Å². The third-order valence-corrected chi connectivity index (χ3v) is 1.21. The maximum absolute atomic E-state index is 5.42. The molecule has 1 aromatic heterocycles. The number of aromatic nitrogens is 1. The number of nitrogen functional groups attached to an aromatic ring is 1. The maximum Gasteiger partial charge on any atom is 0.0501 e. The van der Waals surface area contributed by atoms with Crippen LogP contribution in [0.1, 0.15) is 26.5 Å². The molecule has 0 unspecified atom stereocenters. The van der Waals surface area contributed by atoms with Gasteiger partial charge in [0.1, 0.15) is 0 Å². The van der Waals surface area contributed by atoms with Crippen molar-refractivity contribution in [3.05, 3.63) is 24.0 Å². The summed E-state index contributed by atoms with van der Waals surface area (Å²) in [5.74, 6) is 0. The highest BCUT2D eigenvalue weighted by Crippen LogP contribution is 2.00. The Morgan fingerprint density at radius 1 is 1.36 bits per heavy atom. The molecule has 2 nitrogen and oxygen atoms in total. The number of nitrogens with two attached hydrogens (primary N) is 1. The molecule has 0 spiro atoms. The molecule has 0 saturated heterocycles. The summed E-state index contributed by atoms with van der Waals surface area (Å²) < 4.78 is 0. The van der Waals surface area contributed by atoms with Crippen LogP contribution >= 0.6 is 0 Å². The second kappa shape index (κ2) is 5.71. The Kier molecular flexibility index (Phi) is 5.17. The average molecular weight is 152 g/mol. The molecule has 0 fully saturated rings. The molecule has 1 rings (SSSR count). The largest absolute Gasteiger partial charge is 0.397 e. The van der Waals surface area contributed by atoms with E-state index in [1.807, 2.05) is 26.0 Å². The Morgan fingerprint density at radius 3 is 2.36 bits per heavy atom. The van der Waals surface area contributed by atoms with Crippen molar-refractivity contribution in [3.63, 3.8) is 0 Å². The lowest BCUT2D eigenvalue weighted by Crippen LogP contribution is -1.89. The second-order valence-corrected chi connectivity index (χ2v) is 1.94. The molecule has 2 N–H and O–H groups in total. The zero-order valence-electron chi connectivity index (χ0n) is 7.46. The molecule has 0 amide bonds. The first-order chi connectivity index (χ1) is 5.33. The molecule has 0 aliphatic rings. The van der Waals surface area contributed by atoms with Gasteiger partial charge in [-0.05, 0) is 18.6 Å². The van der Waals surface area contributed by atoms with Gasteiger partial charge in [-0.2, -0.15) is 0 Å². The molecule has 11 heavy (non-hydrogen) atoms. The molecule has 1 aromatic rings. The van der Waals surface area contributed by atoms with Crippen LogP contribution in [0.4, 0.5) is 5.69 Å². The van der Waals surface area contributed by atoms with Crippen molar-refractivity contribution < 1.29 is 0 Å². The Morgan fingerprint density at radius 2 is 2.00 bits per heavy atom. The zero-order valence-corrected chi connectivity index (χ0v) is 7.46. The Hall–Kier alpha value is -1.05. The predicted octanol–water partition coefficient (Wildman–Crippen LogP) is 2.25. The summed E-state index contributed by atoms with van der Waals surface area (Å²) in [5, 5.41) is 0. The highest BCUT2D eigenvalue weighted by Gasteiger charge is 1.86. The molecule has 0 aliphatic carbocycles. The van der Waals surface area contributed by atoms with Crippen molar-refractivity contribution in [2.45, 2.75) is 27.2 Å². The van der Waals surface area contributed by atoms with E-state index in [2.05, 4.69) is 11.9 Å². The van der Waals surface area contributed by atoms with Gasteiger partial charge >= 0.3 is 0 Å². The van der Waals surface area contributed by atoms with Gasteiger partial charge in [0.2, 0.25) is 0 Å². The van der Waals surface area contributed by atoms with Crippen LogP contribution in [0.3, 0.4) is 0 Å². The van der Waals surface area contributed by atoms with Gasteiger partial charge < -0.3 is 5.73 Å². The lowest BCUT2D eigenvalue weighted by molar-refractivity contribution is 1.04. The van der Waals surface area contributed by atoms with E-state index in [4.69, 9.17) is 5.73 Å². The molecular formula is C9H16N2. The third kappa shape index (κ3) is 3.61. The summed E-state index contributed by atoms with van der Waals surface area (Å²) in [5.41, 5.74) is 7.23. The quantitative estimate of drug-likeness (QED) is 0.670. The summed E-state index contributed by atoms with van der Waals surface area (Å²) >= 11 is 0. The number of pyridine rings is 1. The SMILES string of the molecule is CC.CCc1ccc(N)cn1. The Bertz CT molecular complexity index is 179. The van der Waals surface area contributed by atoms with Gasteiger partial charge in [-0.15, -0.1) is 0 Å². The summed E-state index contributed by atoms with van der Waals surface area (Å²) in [6.07, 6.45) is 2.65. The minimum atomic E-state index is 0.729. The monoisotopic (exact) mass is 152 g/mol. The van der Waals surface area contributed by atoms with E-state index in [1.165, 1.54) is 0 Å². The van der Waals surface area contributed by atoms with Gasteiger partial charge in [-0.3, -0.25) is 4.98 Å². The van der Waals surface area contributed by atoms with E-state index >= 15 is 0 Å². The van der Waals surface area contributed by atoms with E-state index in [9.17, 15) is 0 Å². The molecule has 0 radical (unpaired) electrons. The first-order valence-electron chi connectivity index (χ1n) is 4.03. The molecule has 0 saturated carbocycles. The molecule has 2 heteroatoms. The lowest BCUT2D eigenvalue weighted by atomic mass is 10.3. The topological polar surface area (TPSA) is 38.9 Å². The Labute approximate surface area is 68.5 Å². The van der Waals surface area contributed by atoms with Crippen LogP contribution in [0.5, 0.6) is 0 Å². The number of nitrogens with zero attached hydrogens (tertiary/aromatic N) is 1. The van der Waals surface area contributed by atoms with Crippen molar-refractivity contribution in [1.82, 2.24) is 4.98 Å². The highest BCUT2D eigenvalue weighted by atomic mass is 14.7. The number of aryl methyl sites for hydroxylation is 1. The zero-order chi connectivity index (χ0) is 8.69. The van der Waals surface area contributed by atoms with E-state index < -0.39 is 0 Å². The Balaban J connectivity index is 0.000000461. The van der Waals surface area contributed by atoms with Gasteiger partial charge in [0.25, 0.3) is 0 Å². The van der Waals surface area contributed by atoms with Gasteiger partial charge in [0.05, 0.1) is 11.9 Å². The van der Waals surface area contributed by atoms with Gasteiger partial charge in [0, 0.05) is 5.69 Å². The summed E-state index contributed by atoms with van der Waals surface area (Å²) in [6.45, 7) is 6.07. The highest BCUT2D eigenvalue weighted by molar-refractivity contribution is 5.34. The molecule has 0 aromatic carbocycles. The third-order valence-electron chi connectivity index (χ3n) is 1.21. The van der Waals surface area contributed by atoms with Crippen LogP contribution in [-0.4, -0.2) is 4.98 Å². The molecule has 0 bridgehead atoms. The normalized spacial score (nSPS) is 8.27. The van der Waals surface area contributed by atoms with Crippen LogP contribution in [0, 0.1) is 0 Å². The smallest absolute Gasteiger partial charge is 0.0501 e. The van der Waals surface area contributed by atoms with Crippen molar-refractivity contribution >= 4 is 5.69 Å². The molecular weight excluding hydrogens is 136 g/mol. The summed E-state index contributed by atoms with van der Waals surface area (Å²) in [7, 11) is 0.